The Labute approximate surface area is 81.7 Å². The Morgan fingerprint density at radius 2 is 2.14 bits per heavy atom. The lowest BCUT2D eigenvalue weighted by molar-refractivity contribution is 0.107. The summed E-state index contributed by atoms with van der Waals surface area (Å²) in [6, 6.07) is 0.628. The van der Waals surface area contributed by atoms with Crippen LogP contribution in [0.25, 0.3) is 0 Å². The van der Waals surface area contributed by atoms with Crippen molar-refractivity contribution in [2.75, 3.05) is 5.73 Å². The first-order valence-electron chi connectivity index (χ1n) is 3.44. The molecule has 76 valence electrons. The molecule has 1 aromatic rings. The number of aromatic nitrogens is 1. The molecule has 0 unspecified atom stereocenters. The SMILES string of the molecule is Nc1c(C(=O)Cl)[nH]c(C(F)F)cc1=O. The molecule has 0 aliphatic heterocycles. The molecule has 0 amide bonds. The molecule has 0 aromatic carbocycles. The standard InChI is InChI=1S/C7H5ClF2N2O2/c8-6(14)5-4(11)3(13)1-2(12-5)7(9)10/h1,7H,11H2,(H,12,13). The van der Waals surface area contributed by atoms with Crippen LogP contribution >= 0.6 is 11.6 Å². The maximum Gasteiger partial charge on any atom is 0.278 e. The molecule has 0 spiro atoms. The average Bonchev–Trinajstić information content (AvgIpc) is 2.08. The van der Waals surface area contributed by atoms with E-state index in [1.165, 1.54) is 0 Å². The van der Waals surface area contributed by atoms with E-state index in [4.69, 9.17) is 17.3 Å². The number of anilines is 1. The van der Waals surface area contributed by atoms with Crippen LogP contribution in [0.1, 0.15) is 22.6 Å². The van der Waals surface area contributed by atoms with Crippen molar-refractivity contribution < 1.29 is 13.6 Å². The van der Waals surface area contributed by atoms with Crippen LogP contribution in [0.3, 0.4) is 0 Å². The predicted octanol–water partition coefficient (Wildman–Crippen LogP) is 1.27. The van der Waals surface area contributed by atoms with Crippen LogP contribution in [0.15, 0.2) is 10.9 Å². The molecule has 0 aliphatic carbocycles. The van der Waals surface area contributed by atoms with Gasteiger partial charge in [-0.15, -0.1) is 0 Å². The van der Waals surface area contributed by atoms with Gasteiger partial charge in [0.2, 0.25) is 5.43 Å². The Bertz CT molecular complexity index is 430. The molecule has 4 nitrogen and oxygen atoms in total. The fourth-order valence-electron chi connectivity index (χ4n) is 0.863. The molecular formula is C7H5ClF2N2O2. The number of aromatic amines is 1. The van der Waals surface area contributed by atoms with Gasteiger partial charge in [-0.1, -0.05) is 0 Å². The Kier molecular flexibility index (Phi) is 2.85. The van der Waals surface area contributed by atoms with Gasteiger partial charge < -0.3 is 10.7 Å². The van der Waals surface area contributed by atoms with E-state index in [1.807, 2.05) is 4.98 Å². The number of rotatable bonds is 2. The smallest absolute Gasteiger partial charge is 0.278 e. The molecule has 3 N–H and O–H groups in total. The topological polar surface area (TPSA) is 76.0 Å². The quantitative estimate of drug-likeness (QED) is 0.740. The zero-order valence-electron chi connectivity index (χ0n) is 6.68. The lowest BCUT2D eigenvalue weighted by Gasteiger charge is -2.04. The van der Waals surface area contributed by atoms with E-state index in [9.17, 15) is 18.4 Å². The number of halogens is 3. The highest BCUT2D eigenvalue weighted by Crippen LogP contribution is 2.17. The van der Waals surface area contributed by atoms with Crippen molar-refractivity contribution in [2.24, 2.45) is 0 Å². The van der Waals surface area contributed by atoms with Crippen LogP contribution in [0.4, 0.5) is 14.5 Å². The first kappa shape index (κ1) is 10.6. The van der Waals surface area contributed by atoms with E-state index in [0.29, 0.717) is 6.07 Å². The molecule has 0 radical (unpaired) electrons. The highest BCUT2D eigenvalue weighted by atomic mass is 35.5. The summed E-state index contributed by atoms with van der Waals surface area (Å²) < 4.78 is 24.3. The Hall–Kier alpha value is -1.43. The summed E-state index contributed by atoms with van der Waals surface area (Å²) in [6.45, 7) is 0. The van der Waals surface area contributed by atoms with E-state index in [-0.39, 0.29) is 0 Å². The van der Waals surface area contributed by atoms with Gasteiger partial charge in [0.25, 0.3) is 11.7 Å². The van der Waals surface area contributed by atoms with Crippen LogP contribution in [-0.4, -0.2) is 10.2 Å². The van der Waals surface area contributed by atoms with E-state index in [1.54, 1.807) is 0 Å². The van der Waals surface area contributed by atoms with Crippen molar-refractivity contribution in [3.63, 3.8) is 0 Å². The fraction of sp³-hybridized carbons (Fsp3) is 0.143. The number of hydrogen-bond donors (Lipinski definition) is 2. The minimum atomic E-state index is -2.89. The van der Waals surface area contributed by atoms with E-state index in [0.717, 1.165) is 0 Å². The minimum absolute atomic E-state index is 0.464. The van der Waals surface area contributed by atoms with Gasteiger partial charge in [0.15, 0.2) is 0 Å². The largest absolute Gasteiger partial charge is 0.394 e. The Morgan fingerprint density at radius 3 is 2.57 bits per heavy atom. The van der Waals surface area contributed by atoms with E-state index >= 15 is 0 Å². The summed E-state index contributed by atoms with van der Waals surface area (Å²) in [6.07, 6.45) is -2.89. The normalized spacial score (nSPS) is 10.6. The Morgan fingerprint density at radius 1 is 1.57 bits per heavy atom. The number of H-pyrrole nitrogens is 1. The lowest BCUT2D eigenvalue weighted by Crippen LogP contribution is -2.16. The summed E-state index contributed by atoms with van der Waals surface area (Å²) in [5.74, 6) is 0. The van der Waals surface area contributed by atoms with Crippen molar-refractivity contribution in [3.05, 3.63) is 27.7 Å². The van der Waals surface area contributed by atoms with Crippen LogP contribution in [0.2, 0.25) is 0 Å². The van der Waals surface area contributed by atoms with Crippen LogP contribution in [0, 0.1) is 0 Å². The van der Waals surface area contributed by atoms with Gasteiger partial charge in [-0.25, -0.2) is 8.78 Å². The summed E-state index contributed by atoms with van der Waals surface area (Å²) in [5.41, 5.74) is 2.64. The highest BCUT2D eigenvalue weighted by molar-refractivity contribution is 6.68. The minimum Gasteiger partial charge on any atom is -0.394 e. The molecule has 0 bridgehead atoms. The number of pyridine rings is 1. The zero-order chi connectivity index (χ0) is 10.9. The monoisotopic (exact) mass is 222 g/mol. The van der Waals surface area contributed by atoms with Crippen LogP contribution < -0.4 is 11.2 Å². The second-order valence-electron chi connectivity index (χ2n) is 2.45. The highest BCUT2D eigenvalue weighted by Gasteiger charge is 2.16. The second-order valence-corrected chi connectivity index (χ2v) is 2.80. The summed E-state index contributed by atoms with van der Waals surface area (Å²) in [5, 5.41) is -1.08. The number of hydrogen-bond acceptors (Lipinski definition) is 3. The van der Waals surface area contributed by atoms with E-state index in [2.05, 4.69) is 0 Å². The molecule has 0 saturated carbocycles. The van der Waals surface area contributed by atoms with Crippen molar-refractivity contribution >= 4 is 22.5 Å². The van der Waals surface area contributed by atoms with Crippen molar-refractivity contribution in [1.82, 2.24) is 4.98 Å². The number of nitrogen functional groups attached to an aromatic ring is 1. The third-order valence-electron chi connectivity index (χ3n) is 1.52. The van der Waals surface area contributed by atoms with Gasteiger partial charge in [-0.3, -0.25) is 9.59 Å². The molecule has 1 aromatic heterocycles. The fourth-order valence-corrected chi connectivity index (χ4v) is 1.01. The average molecular weight is 223 g/mol. The summed E-state index contributed by atoms with van der Waals surface area (Å²) >= 11 is 5.02. The van der Waals surface area contributed by atoms with Crippen molar-refractivity contribution in [3.8, 4) is 0 Å². The van der Waals surface area contributed by atoms with Gasteiger partial charge in [-0.2, -0.15) is 0 Å². The molecule has 0 atom stereocenters. The number of carbonyl (C=O) groups is 1. The molecule has 14 heavy (non-hydrogen) atoms. The molecule has 7 heteroatoms. The van der Waals surface area contributed by atoms with Gasteiger partial charge in [0.1, 0.15) is 11.4 Å². The first-order valence-corrected chi connectivity index (χ1v) is 3.82. The van der Waals surface area contributed by atoms with Crippen molar-refractivity contribution in [1.29, 1.82) is 0 Å². The van der Waals surface area contributed by atoms with Crippen molar-refractivity contribution in [2.45, 2.75) is 6.43 Å². The molecule has 0 aliphatic rings. The lowest BCUT2D eigenvalue weighted by atomic mass is 10.2. The summed E-state index contributed by atoms with van der Waals surface area (Å²) in [4.78, 5) is 23.6. The first-order chi connectivity index (χ1) is 6.43. The molecule has 0 fully saturated rings. The van der Waals surface area contributed by atoms with Gasteiger partial charge in [0, 0.05) is 6.07 Å². The summed E-state index contributed by atoms with van der Waals surface area (Å²) in [7, 11) is 0. The zero-order valence-corrected chi connectivity index (χ0v) is 7.44. The van der Waals surface area contributed by atoms with Crippen LogP contribution in [0.5, 0.6) is 0 Å². The van der Waals surface area contributed by atoms with Gasteiger partial charge in [0.05, 0.1) is 5.69 Å². The maximum absolute atomic E-state index is 12.2. The molecular weight excluding hydrogens is 218 g/mol. The number of nitrogens with one attached hydrogen (secondary N) is 1. The van der Waals surface area contributed by atoms with E-state index < -0.39 is 34.2 Å². The van der Waals surface area contributed by atoms with Gasteiger partial charge >= 0.3 is 0 Å². The maximum atomic E-state index is 12.2. The van der Waals surface area contributed by atoms with Gasteiger partial charge in [-0.05, 0) is 11.6 Å². The van der Waals surface area contributed by atoms with Crippen LogP contribution in [-0.2, 0) is 0 Å². The number of nitrogens with two attached hydrogens (primary N) is 1. The number of alkyl halides is 2. The Balaban J connectivity index is 3.43. The molecule has 0 saturated heterocycles. The molecule has 1 rings (SSSR count). The number of carbonyl (C=O) groups excluding carboxylic acids is 1. The predicted molar refractivity (Wildman–Crippen MR) is 46.6 cm³/mol. The second kappa shape index (κ2) is 3.75. The molecule has 1 heterocycles. The third kappa shape index (κ3) is 1.90. The third-order valence-corrected chi connectivity index (χ3v) is 1.71.